The number of benzene rings is 1. The van der Waals surface area contributed by atoms with Crippen molar-refractivity contribution < 1.29 is 14.3 Å². The number of fused-ring (bicyclic) bond motifs is 1. The number of nitrogens with one attached hydrogen (secondary N) is 1. The van der Waals surface area contributed by atoms with E-state index in [9.17, 15) is 4.79 Å². The first-order chi connectivity index (χ1) is 12.8. The SMILES string of the molecule is O=C(CN1CCN(CCn2ccnc2)CC1)Nc1ccc2c(c1)OCO2. The minimum absolute atomic E-state index is 0.00395. The summed E-state index contributed by atoms with van der Waals surface area (Å²) in [7, 11) is 0. The number of piperazine rings is 1. The molecule has 2 aromatic rings. The van der Waals surface area contributed by atoms with Gasteiger partial charge in [0, 0.05) is 63.4 Å². The molecule has 1 amide bonds. The molecule has 4 rings (SSSR count). The van der Waals surface area contributed by atoms with Gasteiger partial charge in [0.05, 0.1) is 12.9 Å². The second-order valence-electron chi connectivity index (χ2n) is 6.53. The highest BCUT2D eigenvalue weighted by atomic mass is 16.7. The van der Waals surface area contributed by atoms with Crippen LogP contribution in [0.4, 0.5) is 5.69 Å². The number of imidazole rings is 1. The molecule has 3 heterocycles. The molecule has 1 fully saturated rings. The Hall–Kier alpha value is -2.58. The monoisotopic (exact) mass is 357 g/mol. The standard InChI is InChI=1S/C18H23N5O3/c24-18(20-15-1-2-16-17(11-15)26-14-25-16)12-22-8-5-21(6-9-22)7-10-23-4-3-19-13-23/h1-4,11,13H,5-10,12,14H2,(H,20,24). The van der Waals surface area contributed by atoms with Crippen molar-refractivity contribution in [2.24, 2.45) is 0 Å². The van der Waals surface area contributed by atoms with Crippen LogP contribution in [0.2, 0.25) is 0 Å². The minimum Gasteiger partial charge on any atom is -0.454 e. The van der Waals surface area contributed by atoms with E-state index in [0.717, 1.165) is 50.7 Å². The fourth-order valence-electron chi connectivity index (χ4n) is 3.22. The zero-order chi connectivity index (χ0) is 17.8. The van der Waals surface area contributed by atoms with Crippen LogP contribution in [0.3, 0.4) is 0 Å². The summed E-state index contributed by atoms with van der Waals surface area (Å²) in [6.45, 7) is 6.36. The van der Waals surface area contributed by atoms with Crippen LogP contribution in [0.15, 0.2) is 36.9 Å². The van der Waals surface area contributed by atoms with Crippen LogP contribution in [0.5, 0.6) is 11.5 Å². The third-order valence-corrected chi connectivity index (χ3v) is 4.72. The Bertz CT molecular complexity index is 741. The maximum atomic E-state index is 12.3. The van der Waals surface area contributed by atoms with Gasteiger partial charge in [-0.25, -0.2) is 4.98 Å². The summed E-state index contributed by atoms with van der Waals surface area (Å²) in [5.74, 6) is 1.39. The number of ether oxygens (including phenoxy) is 2. The Balaban J connectivity index is 1.19. The lowest BCUT2D eigenvalue weighted by atomic mass is 10.2. The van der Waals surface area contributed by atoms with Crippen molar-refractivity contribution in [2.45, 2.75) is 6.54 Å². The van der Waals surface area contributed by atoms with Crippen molar-refractivity contribution in [1.29, 1.82) is 0 Å². The molecule has 0 saturated carbocycles. The lowest BCUT2D eigenvalue weighted by Crippen LogP contribution is -2.49. The minimum atomic E-state index is -0.00395. The van der Waals surface area contributed by atoms with Gasteiger partial charge in [-0.1, -0.05) is 0 Å². The summed E-state index contributed by atoms with van der Waals surface area (Å²) in [4.78, 5) is 21.0. The molecular formula is C18H23N5O3. The molecule has 26 heavy (non-hydrogen) atoms. The van der Waals surface area contributed by atoms with E-state index < -0.39 is 0 Å². The maximum absolute atomic E-state index is 12.3. The number of anilines is 1. The Morgan fingerprint density at radius 2 is 1.88 bits per heavy atom. The van der Waals surface area contributed by atoms with E-state index in [4.69, 9.17) is 9.47 Å². The van der Waals surface area contributed by atoms with Gasteiger partial charge in [-0.3, -0.25) is 14.6 Å². The number of carbonyl (C=O) groups excluding carboxylic acids is 1. The van der Waals surface area contributed by atoms with Crippen molar-refractivity contribution in [3.63, 3.8) is 0 Å². The van der Waals surface area contributed by atoms with Gasteiger partial charge in [-0.2, -0.15) is 0 Å². The van der Waals surface area contributed by atoms with Crippen molar-refractivity contribution in [3.05, 3.63) is 36.9 Å². The predicted octanol–water partition coefficient (Wildman–Crippen LogP) is 0.868. The summed E-state index contributed by atoms with van der Waals surface area (Å²) in [5.41, 5.74) is 0.734. The molecule has 138 valence electrons. The fourth-order valence-corrected chi connectivity index (χ4v) is 3.22. The number of nitrogens with zero attached hydrogens (tertiary/aromatic N) is 4. The predicted molar refractivity (Wildman–Crippen MR) is 96.3 cm³/mol. The van der Waals surface area contributed by atoms with Crippen LogP contribution in [0.25, 0.3) is 0 Å². The smallest absolute Gasteiger partial charge is 0.238 e. The molecule has 0 atom stereocenters. The Morgan fingerprint density at radius 3 is 2.69 bits per heavy atom. The van der Waals surface area contributed by atoms with Gasteiger partial charge in [-0.15, -0.1) is 0 Å². The molecule has 0 spiro atoms. The van der Waals surface area contributed by atoms with Crippen LogP contribution in [0.1, 0.15) is 0 Å². The summed E-state index contributed by atoms with van der Waals surface area (Å²) >= 11 is 0. The highest BCUT2D eigenvalue weighted by Gasteiger charge is 2.19. The summed E-state index contributed by atoms with van der Waals surface area (Å²) in [6, 6.07) is 5.45. The Labute approximate surface area is 152 Å². The molecule has 8 heteroatoms. The van der Waals surface area contributed by atoms with E-state index in [2.05, 4.69) is 24.7 Å². The largest absolute Gasteiger partial charge is 0.454 e. The van der Waals surface area contributed by atoms with Gasteiger partial charge < -0.3 is 19.4 Å². The highest BCUT2D eigenvalue weighted by Crippen LogP contribution is 2.34. The van der Waals surface area contributed by atoms with Gasteiger partial charge in [-0.05, 0) is 12.1 Å². The molecule has 0 bridgehead atoms. The number of rotatable bonds is 6. The van der Waals surface area contributed by atoms with Crippen LogP contribution < -0.4 is 14.8 Å². The second kappa shape index (κ2) is 7.76. The molecule has 1 aromatic heterocycles. The van der Waals surface area contributed by atoms with E-state index >= 15 is 0 Å². The number of hydrogen-bond donors (Lipinski definition) is 1. The summed E-state index contributed by atoms with van der Waals surface area (Å²) in [5, 5.41) is 2.93. The Kier molecular flexibility index (Phi) is 5.03. The van der Waals surface area contributed by atoms with Gasteiger partial charge in [0.15, 0.2) is 11.5 Å². The van der Waals surface area contributed by atoms with Crippen molar-refractivity contribution in [1.82, 2.24) is 19.4 Å². The van der Waals surface area contributed by atoms with E-state index in [-0.39, 0.29) is 12.7 Å². The van der Waals surface area contributed by atoms with Crippen LogP contribution >= 0.6 is 0 Å². The molecule has 2 aliphatic rings. The first-order valence-corrected chi connectivity index (χ1v) is 8.86. The third kappa shape index (κ3) is 4.14. The molecule has 0 aliphatic carbocycles. The van der Waals surface area contributed by atoms with Crippen molar-refractivity contribution in [2.75, 3.05) is 51.4 Å². The van der Waals surface area contributed by atoms with E-state index in [1.807, 2.05) is 24.7 Å². The molecular weight excluding hydrogens is 334 g/mol. The van der Waals surface area contributed by atoms with Crippen LogP contribution in [0, 0.1) is 0 Å². The van der Waals surface area contributed by atoms with Gasteiger partial charge >= 0.3 is 0 Å². The maximum Gasteiger partial charge on any atom is 0.238 e. The summed E-state index contributed by atoms with van der Waals surface area (Å²) < 4.78 is 12.7. The zero-order valence-corrected chi connectivity index (χ0v) is 14.6. The lowest BCUT2D eigenvalue weighted by Gasteiger charge is -2.34. The molecule has 1 N–H and O–H groups in total. The molecule has 0 unspecified atom stereocenters. The number of hydrogen-bond acceptors (Lipinski definition) is 6. The lowest BCUT2D eigenvalue weighted by molar-refractivity contribution is -0.117. The molecule has 1 saturated heterocycles. The average Bonchev–Trinajstić information content (AvgIpc) is 3.32. The number of carbonyl (C=O) groups is 1. The molecule has 1 aromatic carbocycles. The first kappa shape index (κ1) is 16.9. The normalized spacial score (nSPS) is 17.4. The average molecular weight is 357 g/mol. The van der Waals surface area contributed by atoms with Crippen molar-refractivity contribution >= 4 is 11.6 Å². The summed E-state index contributed by atoms with van der Waals surface area (Å²) in [6.07, 6.45) is 5.63. The quantitative estimate of drug-likeness (QED) is 0.827. The third-order valence-electron chi connectivity index (χ3n) is 4.72. The van der Waals surface area contributed by atoms with Crippen molar-refractivity contribution in [3.8, 4) is 11.5 Å². The number of amides is 1. The first-order valence-electron chi connectivity index (χ1n) is 8.86. The number of aromatic nitrogens is 2. The highest BCUT2D eigenvalue weighted by molar-refractivity contribution is 5.92. The molecule has 8 nitrogen and oxygen atoms in total. The van der Waals surface area contributed by atoms with E-state index in [1.165, 1.54) is 0 Å². The Morgan fingerprint density at radius 1 is 1.08 bits per heavy atom. The van der Waals surface area contributed by atoms with Gasteiger partial charge in [0.25, 0.3) is 0 Å². The molecule has 2 aliphatic heterocycles. The van der Waals surface area contributed by atoms with E-state index in [0.29, 0.717) is 12.3 Å². The van der Waals surface area contributed by atoms with Crippen LogP contribution in [-0.4, -0.2) is 71.3 Å². The van der Waals surface area contributed by atoms with Gasteiger partial charge in [0.1, 0.15) is 0 Å². The van der Waals surface area contributed by atoms with Gasteiger partial charge in [0.2, 0.25) is 12.7 Å². The fraction of sp³-hybridized carbons (Fsp3) is 0.444. The van der Waals surface area contributed by atoms with E-state index in [1.54, 1.807) is 12.3 Å². The second-order valence-corrected chi connectivity index (χ2v) is 6.53. The van der Waals surface area contributed by atoms with Crippen LogP contribution in [-0.2, 0) is 11.3 Å². The molecule has 0 radical (unpaired) electrons. The topological polar surface area (TPSA) is 71.9 Å². The zero-order valence-electron chi connectivity index (χ0n) is 14.6.